The Kier molecular flexibility index (Phi) is 3.56. The molecule has 10 heteroatoms. The number of sulfonamides is 1. The van der Waals surface area contributed by atoms with E-state index in [4.69, 9.17) is 0 Å². The van der Waals surface area contributed by atoms with Crippen molar-refractivity contribution in [1.29, 1.82) is 0 Å². The van der Waals surface area contributed by atoms with Crippen molar-refractivity contribution in [1.82, 2.24) is 24.7 Å². The fourth-order valence-electron chi connectivity index (χ4n) is 1.17. The number of hydrogen-bond donors (Lipinski definition) is 1. The van der Waals surface area contributed by atoms with Crippen molar-refractivity contribution in [2.24, 2.45) is 7.05 Å². The van der Waals surface area contributed by atoms with E-state index < -0.39 is 10.0 Å². The van der Waals surface area contributed by atoms with Crippen LogP contribution in [0.3, 0.4) is 0 Å². The van der Waals surface area contributed by atoms with E-state index in [0.29, 0.717) is 0 Å². The van der Waals surface area contributed by atoms with Crippen LogP contribution in [0.25, 0.3) is 0 Å². The minimum atomic E-state index is -3.63. The van der Waals surface area contributed by atoms with Gasteiger partial charge >= 0.3 is 0 Å². The van der Waals surface area contributed by atoms with Crippen molar-refractivity contribution >= 4 is 37.3 Å². The number of aromatic nitrogens is 4. The average Bonchev–Trinajstić information content (AvgIpc) is 2.86. The van der Waals surface area contributed by atoms with Crippen LogP contribution in [0.4, 0.5) is 0 Å². The molecular formula is C7H8BrN5O2S2. The second kappa shape index (κ2) is 4.80. The molecule has 0 aliphatic heterocycles. The largest absolute Gasteiger partial charge is 0.260 e. The maximum Gasteiger partial charge on any atom is 0.260 e. The molecule has 0 aliphatic carbocycles. The normalized spacial score (nSPS) is 11.9. The average molecular weight is 338 g/mol. The summed E-state index contributed by atoms with van der Waals surface area (Å²) in [6, 6.07) is 0. The van der Waals surface area contributed by atoms with Crippen molar-refractivity contribution in [2.45, 2.75) is 11.6 Å². The van der Waals surface area contributed by atoms with Crippen LogP contribution < -0.4 is 4.72 Å². The number of aryl methyl sites for hydroxylation is 1. The maximum atomic E-state index is 12.0. The molecule has 17 heavy (non-hydrogen) atoms. The van der Waals surface area contributed by atoms with E-state index in [1.807, 2.05) is 0 Å². The summed E-state index contributed by atoms with van der Waals surface area (Å²) in [4.78, 5) is 4.70. The predicted molar refractivity (Wildman–Crippen MR) is 64.8 cm³/mol. The van der Waals surface area contributed by atoms with Gasteiger partial charge in [0.15, 0.2) is 4.60 Å². The van der Waals surface area contributed by atoms with E-state index in [0.717, 1.165) is 4.88 Å². The first-order valence-electron chi connectivity index (χ1n) is 4.43. The molecule has 0 atom stereocenters. The lowest BCUT2D eigenvalue weighted by Crippen LogP contribution is -2.25. The van der Waals surface area contributed by atoms with Crippen LogP contribution in [0.1, 0.15) is 4.88 Å². The molecule has 0 amide bonds. The Morgan fingerprint density at radius 1 is 1.59 bits per heavy atom. The topological polar surface area (TPSA) is 89.8 Å². The summed E-state index contributed by atoms with van der Waals surface area (Å²) in [6.45, 7) is 0.199. The molecule has 0 unspecified atom stereocenters. The minimum Gasteiger partial charge on any atom is -0.253 e. The van der Waals surface area contributed by atoms with E-state index in [1.54, 1.807) is 11.7 Å². The summed E-state index contributed by atoms with van der Waals surface area (Å²) in [5, 5.41) is 7.25. The van der Waals surface area contributed by atoms with Crippen LogP contribution in [0.2, 0.25) is 0 Å². The Morgan fingerprint density at radius 3 is 2.88 bits per heavy atom. The highest BCUT2D eigenvalue weighted by atomic mass is 79.9. The third-order valence-electron chi connectivity index (χ3n) is 1.91. The third kappa shape index (κ3) is 2.70. The molecule has 0 saturated heterocycles. The van der Waals surface area contributed by atoms with Crippen LogP contribution in [0.5, 0.6) is 0 Å². The van der Waals surface area contributed by atoms with E-state index >= 15 is 0 Å². The number of halogens is 1. The molecule has 0 bridgehead atoms. The number of nitrogens with one attached hydrogen (secondary N) is 1. The monoisotopic (exact) mass is 337 g/mol. The van der Waals surface area contributed by atoms with Gasteiger partial charge in [-0.25, -0.2) is 17.8 Å². The van der Waals surface area contributed by atoms with Gasteiger partial charge in [0.25, 0.3) is 10.0 Å². The number of nitrogens with zero attached hydrogens (tertiary/aromatic N) is 4. The summed E-state index contributed by atoms with van der Waals surface area (Å²) in [5.74, 6) is 0. The molecule has 0 saturated carbocycles. The van der Waals surface area contributed by atoms with Crippen molar-refractivity contribution in [2.75, 3.05) is 0 Å². The first-order valence-corrected chi connectivity index (χ1v) is 7.58. The predicted octanol–water partition coefficient (Wildman–Crippen LogP) is 0.513. The van der Waals surface area contributed by atoms with Gasteiger partial charge in [-0.3, -0.25) is 4.98 Å². The number of thiazole rings is 1. The van der Waals surface area contributed by atoms with Crippen LogP contribution in [0, 0.1) is 0 Å². The molecule has 0 fully saturated rings. The quantitative estimate of drug-likeness (QED) is 0.877. The molecule has 7 nitrogen and oxygen atoms in total. The van der Waals surface area contributed by atoms with Gasteiger partial charge < -0.3 is 0 Å². The lowest BCUT2D eigenvalue weighted by molar-refractivity contribution is 0.560. The SMILES string of the molecule is Cn1nnc(Br)c1S(=O)(=O)NCc1cncs1. The van der Waals surface area contributed by atoms with Gasteiger partial charge in [-0.05, 0) is 15.9 Å². The van der Waals surface area contributed by atoms with Crippen LogP contribution in [0.15, 0.2) is 21.3 Å². The summed E-state index contributed by atoms with van der Waals surface area (Å²) in [6.07, 6.45) is 1.61. The van der Waals surface area contributed by atoms with Gasteiger partial charge in [-0.2, -0.15) is 0 Å². The first kappa shape index (κ1) is 12.6. The van der Waals surface area contributed by atoms with Gasteiger partial charge in [0, 0.05) is 24.7 Å². The third-order valence-corrected chi connectivity index (χ3v) is 4.98. The number of hydrogen-bond acceptors (Lipinski definition) is 6. The highest BCUT2D eigenvalue weighted by Crippen LogP contribution is 2.18. The molecule has 2 aromatic heterocycles. The summed E-state index contributed by atoms with van der Waals surface area (Å²) >= 11 is 4.43. The smallest absolute Gasteiger partial charge is 0.253 e. The molecule has 0 spiro atoms. The number of rotatable bonds is 4. The van der Waals surface area contributed by atoms with Crippen molar-refractivity contribution in [3.8, 4) is 0 Å². The molecular weight excluding hydrogens is 330 g/mol. The summed E-state index contributed by atoms with van der Waals surface area (Å²) in [7, 11) is -2.12. The molecule has 0 aliphatic rings. The Morgan fingerprint density at radius 2 is 2.35 bits per heavy atom. The van der Waals surface area contributed by atoms with E-state index in [9.17, 15) is 8.42 Å². The zero-order chi connectivity index (χ0) is 12.5. The Labute approximate surface area is 110 Å². The lowest BCUT2D eigenvalue weighted by atomic mass is 10.6. The second-order valence-corrected chi connectivity index (χ2v) is 6.51. The molecule has 0 aromatic carbocycles. The second-order valence-electron chi connectivity index (χ2n) is 3.10. The van der Waals surface area contributed by atoms with Crippen molar-refractivity contribution < 1.29 is 8.42 Å². The van der Waals surface area contributed by atoms with Gasteiger partial charge in [0.1, 0.15) is 0 Å². The van der Waals surface area contributed by atoms with Gasteiger partial charge in [-0.15, -0.1) is 16.4 Å². The van der Waals surface area contributed by atoms with Crippen LogP contribution in [-0.4, -0.2) is 28.4 Å². The van der Waals surface area contributed by atoms with Crippen LogP contribution >= 0.6 is 27.3 Å². The van der Waals surface area contributed by atoms with Gasteiger partial charge in [0.05, 0.1) is 5.51 Å². The highest BCUT2D eigenvalue weighted by Gasteiger charge is 2.23. The lowest BCUT2D eigenvalue weighted by Gasteiger charge is -2.04. The molecule has 1 N–H and O–H groups in total. The summed E-state index contributed by atoms with van der Waals surface area (Å²) in [5.41, 5.74) is 1.64. The molecule has 2 heterocycles. The molecule has 2 rings (SSSR count). The van der Waals surface area contributed by atoms with Gasteiger partial charge in [0.2, 0.25) is 5.03 Å². The summed E-state index contributed by atoms with van der Waals surface area (Å²) < 4.78 is 27.8. The highest BCUT2D eigenvalue weighted by molar-refractivity contribution is 9.10. The molecule has 2 aromatic rings. The zero-order valence-corrected chi connectivity index (χ0v) is 11.9. The fraction of sp³-hybridized carbons (Fsp3) is 0.286. The van der Waals surface area contributed by atoms with E-state index in [2.05, 4.69) is 35.9 Å². The van der Waals surface area contributed by atoms with E-state index in [1.165, 1.54) is 23.1 Å². The minimum absolute atomic E-state index is 0.00187. The Hall–Kier alpha value is -0.840. The molecule has 0 radical (unpaired) electrons. The zero-order valence-electron chi connectivity index (χ0n) is 8.66. The van der Waals surface area contributed by atoms with Crippen molar-refractivity contribution in [3.63, 3.8) is 0 Å². The maximum absolute atomic E-state index is 12.0. The standard InChI is InChI=1S/C7H8BrN5O2S2/c1-13-7(6(8)11-12-13)17(14,15)10-3-5-2-9-4-16-5/h2,4,10H,3H2,1H3. The fourth-order valence-corrected chi connectivity index (χ4v) is 3.89. The van der Waals surface area contributed by atoms with Crippen LogP contribution in [-0.2, 0) is 23.6 Å². The Balaban J connectivity index is 2.20. The Bertz CT molecular complexity index is 587. The van der Waals surface area contributed by atoms with E-state index in [-0.39, 0.29) is 16.2 Å². The molecule has 92 valence electrons. The first-order chi connectivity index (χ1) is 8.00. The van der Waals surface area contributed by atoms with Gasteiger partial charge in [-0.1, -0.05) is 5.21 Å². The van der Waals surface area contributed by atoms with Crippen molar-refractivity contribution in [3.05, 3.63) is 21.2 Å².